The highest BCUT2D eigenvalue weighted by molar-refractivity contribution is 7.22. The van der Waals surface area contributed by atoms with Crippen molar-refractivity contribution in [1.82, 2.24) is 9.97 Å². The fourth-order valence-corrected chi connectivity index (χ4v) is 4.82. The number of nitrogens with zero attached hydrogens (tertiary/aromatic N) is 3. The molecule has 1 aliphatic rings. The summed E-state index contributed by atoms with van der Waals surface area (Å²) in [6.07, 6.45) is 7.28. The second-order valence-corrected chi connectivity index (χ2v) is 8.44. The molecule has 5 heteroatoms. The first-order valence-electron chi connectivity index (χ1n) is 9.71. The minimum Gasteiger partial charge on any atom is -0.282 e. The molecule has 0 unspecified atom stereocenters. The SMILES string of the molecule is Cc1ccc2sc(N(Cc3ccccn3)C(=O)C3CCCCC3)nc2c1C. The van der Waals surface area contributed by atoms with Gasteiger partial charge in [-0.1, -0.05) is 42.7 Å². The van der Waals surface area contributed by atoms with E-state index in [2.05, 4.69) is 31.0 Å². The van der Waals surface area contributed by atoms with Gasteiger partial charge in [-0.3, -0.25) is 14.7 Å². The lowest BCUT2D eigenvalue weighted by Gasteiger charge is -2.27. The predicted molar refractivity (Wildman–Crippen MR) is 111 cm³/mol. The summed E-state index contributed by atoms with van der Waals surface area (Å²) in [5.74, 6) is 0.311. The van der Waals surface area contributed by atoms with E-state index in [4.69, 9.17) is 4.98 Å². The van der Waals surface area contributed by atoms with Crippen LogP contribution in [0.2, 0.25) is 0 Å². The second kappa shape index (κ2) is 7.77. The normalized spacial score (nSPS) is 15.2. The summed E-state index contributed by atoms with van der Waals surface area (Å²) in [5.41, 5.74) is 4.33. The number of aryl methyl sites for hydroxylation is 2. The molecule has 0 radical (unpaired) electrons. The molecule has 0 spiro atoms. The maximum Gasteiger partial charge on any atom is 0.232 e. The predicted octanol–water partition coefficient (Wildman–Crippen LogP) is 5.42. The number of anilines is 1. The number of amides is 1. The van der Waals surface area contributed by atoms with Crippen LogP contribution in [0.1, 0.15) is 48.9 Å². The first-order chi connectivity index (χ1) is 13.1. The van der Waals surface area contributed by atoms with Crippen molar-refractivity contribution in [2.45, 2.75) is 52.5 Å². The molecule has 1 saturated carbocycles. The first-order valence-corrected chi connectivity index (χ1v) is 10.5. The van der Waals surface area contributed by atoms with Crippen LogP contribution in [0, 0.1) is 19.8 Å². The fraction of sp³-hybridized carbons (Fsp3) is 0.409. The number of aromatic nitrogens is 2. The Morgan fingerprint density at radius 3 is 2.70 bits per heavy atom. The van der Waals surface area contributed by atoms with E-state index in [1.807, 2.05) is 23.1 Å². The number of hydrogen-bond donors (Lipinski definition) is 0. The van der Waals surface area contributed by atoms with Gasteiger partial charge in [0.2, 0.25) is 5.91 Å². The molecule has 4 nitrogen and oxygen atoms in total. The lowest BCUT2D eigenvalue weighted by Crippen LogP contribution is -2.36. The lowest BCUT2D eigenvalue weighted by atomic mass is 9.88. The van der Waals surface area contributed by atoms with Crippen LogP contribution in [0.15, 0.2) is 36.5 Å². The van der Waals surface area contributed by atoms with Crippen molar-refractivity contribution >= 4 is 32.6 Å². The number of carbonyl (C=O) groups excluding carboxylic acids is 1. The maximum atomic E-state index is 13.4. The molecule has 27 heavy (non-hydrogen) atoms. The number of carbonyl (C=O) groups is 1. The summed E-state index contributed by atoms with van der Waals surface area (Å²) < 4.78 is 1.13. The zero-order valence-electron chi connectivity index (χ0n) is 15.9. The molecule has 0 N–H and O–H groups in total. The van der Waals surface area contributed by atoms with Crippen LogP contribution in [-0.2, 0) is 11.3 Å². The highest BCUT2D eigenvalue weighted by Crippen LogP contribution is 2.35. The molecule has 0 bridgehead atoms. The van der Waals surface area contributed by atoms with E-state index in [1.54, 1.807) is 17.5 Å². The van der Waals surface area contributed by atoms with Gasteiger partial charge in [-0.15, -0.1) is 0 Å². The molecule has 3 aromatic rings. The van der Waals surface area contributed by atoms with Crippen LogP contribution in [0.3, 0.4) is 0 Å². The van der Waals surface area contributed by atoms with Crippen molar-refractivity contribution < 1.29 is 4.79 Å². The second-order valence-electron chi connectivity index (χ2n) is 7.43. The number of fused-ring (bicyclic) bond motifs is 1. The number of thiazole rings is 1. The Balaban J connectivity index is 1.72. The zero-order chi connectivity index (χ0) is 18.8. The molecule has 1 fully saturated rings. The topological polar surface area (TPSA) is 46.1 Å². The number of benzene rings is 1. The summed E-state index contributed by atoms with van der Waals surface area (Å²) in [6, 6.07) is 10.1. The van der Waals surface area contributed by atoms with Crippen LogP contribution in [0.4, 0.5) is 5.13 Å². The van der Waals surface area contributed by atoms with Gasteiger partial charge in [-0.2, -0.15) is 0 Å². The van der Waals surface area contributed by atoms with Crippen molar-refractivity contribution in [2.75, 3.05) is 4.90 Å². The highest BCUT2D eigenvalue weighted by atomic mass is 32.1. The molecule has 4 rings (SSSR count). The van der Waals surface area contributed by atoms with Crippen molar-refractivity contribution in [2.24, 2.45) is 5.92 Å². The third-order valence-electron chi connectivity index (χ3n) is 5.57. The maximum absolute atomic E-state index is 13.4. The van der Waals surface area contributed by atoms with E-state index in [0.29, 0.717) is 6.54 Å². The molecular weight excluding hydrogens is 354 g/mol. The lowest BCUT2D eigenvalue weighted by molar-refractivity contribution is -0.123. The third kappa shape index (κ3) is 3.74. The molecular formula is C22H25N3OS. The van der Waals surface area contributed by atoms with Gasteiger partial charge in [-0.25, -0.2) is 4.98 Å². The summed E-state index contributed by atoms with van der Waals surface area (Å²) >= 11 is 1.61. The molecule has 1 aliphatic carbocycles. The van der Waals surface area contributed by atoms with Gasteiger partial charge in [-0.05, 0) is 56.0 Å². The Hall–Kier alpha value is -2.27. The van der Waals surface area contributed by atoms with Crippen molar-refractivity contribution in [1.29, 1.82) is 0 Å². The van der Waals surface area contributed by atoms with E-state index >= 15 is 0 Å². The molecule has 0 saturated heterocycles. The molecule has 2 heterocycles. The van der Waals surface area contributed by atoms with Crippen LogP contribution in [0.25, 0.3) is 10.2 Å². The van der Waals surface area contributed by atoms with E-state index in [-0.39, 0.29) is 11.8 Å². The third-order valence-corrected chi connectivity index (χ3v) is 6.61. The fourth-order valence-electron chi connectivity index (χ4n) is 3.79. The first kappa shape index (κ1) is 18.1. The zero-order valence-corrected chi connectivity index (χ0v) is 16.8. The van der Waals surface area contributed by atoms with Gasteiger partial charge in [0.15, 0.2) is 5.13 Å². The summed E-state index contributed by atoms with van der Waals surface area (Å²) in [6.45, 7) is 4.69. The minimum atomic E-state index is 0.109. The van der Waals surface area contributed by atoms with Gasteiger partial charge in [0.05, 0.1) is 22.5 Å². The van der Waals surface area contributed by atoms with E-state index in [1.165, 1.54) is 17.5 Å². The minimum absolute atomic E-state index is 0.109. The monoisotopic (exact) mass is 379 g/mol. The Morgan fingerprint density at radius 2 is 1.96 bits per heavy atom. The Kier molecular flexibility index (Phi) is 5.21. The van der Waals surface area contributed by atoms with Crippen LogP contribution in [0.5, 0.6) is 0 Å². The molecule has 2 aromatic heterocycles. The molecule has 1 aromatic carbocycles. The molecule has 140 valence electrons. The standard InChI is InChI=1S/C22H25N3OS/c1-15-11-12-19-20(16(15)2)24-22(27-19)25(14-18-10-6-7-13-23-18)21(26)17-8-4-3-5-9-17/h6-7,10-13,17H,3-5,8-9,14H2,1-2H3. The summed E-state index contributed by atoms with van der Waals surface area (Å²) in [7, 11) is 0. The van der Waals surface area contributed by atoms with E-state index < -0.39 is 0 Å². The van der Waals surface area contributed by atoms with E-state index in [0.717, 1.165) is 46.7 Å². The summed E-state index contributed by atoms with van der Waals surface area (Å²) in [5, 5.41) is 0.792. The number of rotatable bonds is 4. The van der Waals surface area contributed by atoms with Crippen molar-refractivity contribution in [3.63, 3.8) is 0 Å². The smallest absolute Gasteiger partial charge is 0.232 e. The molecule has 0 atom stereocenters. The van der Waals surface area contributed by atoms with Crippen LogP contribution in [-0.4, -0.2) is 15.9 Å². The number of pyridine rings is 1. The number of hydrogen-bond acceptors (Lipinski definition) is 4. The quantitative estimate of drug-likeness (QED) is 0.608. The Labute approximate surface area is 164 Å². The van der Waals surface area contributed by atoms with Crippen molar-refractivity contribution in [3.8, 4) is 0 Å². The van der Waals surface area contributed by atoms with E-state index in [9.17, 15) is 4.79 Å². The summed E-state index contributed by atoms with van der Waals surface area (Å²) in [4.78, 5) is 24.6. The van der Waals surface area contributed by atoms with Gasteiger partial charge in [0.25, 0.3) is 0 Å². The van der Waals surface area contributed by atoms with Gasteiger partial charge < -0.3 is 0 Å². The average Bonchev–Trinajstić information content (AvgIpc) is 3.15. The van der Waals surface area contributed by atoms with Crippen LogP contribution >= 0.6 is 11.3 Å². The largest absolute Gasteiger partial charge is 0.282 e. The molecule has 1 amide bonds. The average molecular weight is 380 g/mol. The van der Waals surface area contributed by atoms with Gasteiger partial charge in [0.1, 0.15) is 0 Å². The Morgan fingerprint density at radius 1 is 1.15 bits per heavy atom. The molecule has 0 aliphatic heterocycles. The van der Waals surface area contributed by atoms with Crippen LogP contribution < -0.4 is 4.90 Å². The van der Waals surface area contributed by atoms with Gasteiger partial charge in [0, 0.05) is 12.1 Å². The van der Waals surface area contributed by atoms with Crippen molar-refractivity contribution in [3.05, 3.63) is 53.3 Å². The Bertz CT molecular complexity index is 945. The highest BCUT2D eigenvalue weighted by Gasteiger charge is 2.29. The van der Waals surface area contributed by atoms with Gasteiger partial charge >= 0.3 is 0 Å².